The lowest BCUT2D eigenvalue weighted by Gasteiger charge is -2.44. The van der Waals surface area contributed by atoms with Gasteiger partial charge in [-0.1, -0.05) is 12.8 Å². The zero-order chi connectivity index (χ0) is 11.5. The van der Waals surface area contributed by atoms with E-state index in [4.69, 9.17) is 10.5 Å². The number of nitrogens with two attached hydrogens (primary N) is 1. The van der Waals surface area contributed by atoms with E-state index in [9.17, 15) is 0 Å². The third-order valence-corrected chi connectivity index (χ3v) is 4.09. The molecule has 1 heterocycles. The summed E-state index contributed by atoms with van der Waals surface area (Å²) >= 11 is 0. The fourth-order valence-electron chi connectivity index (χ4n) is 3.43. The van der Waals surface area contributed by atoms with Crippen LogP contribution in [0.25, 0.3) is 0 Å². The van der Waals surface area contributed by atoms with Crippen molar-refractivity contribution < 1.29 is 4.74 Å². The average Bonchev–Trinajstić information content (AvgIpc) is 2.27. The van der Waals surface area contributed by atoms with Gasteiger partial charge in [0.15, 0.2) is 0 Å². The van der Waals surface area contributed by atoms with Crippen LogP contribution < -0.4 is 5.73 Å². The standard InChI is InChI=1S/C13H26N2O/c1-10-8-15(9-11(2)16-10)13-6-4-3-5-12(13)7-14/h10-13H,3-9,14H2,1-2H3/t10-,11+,12?,13?. The van der Waals surface area contributed by atoms with E-state index in [1.807, 2.05) is 0 Å². The van der Waals surface area contributed by atoms with Gasteiger partial charge < -0.3 is 10.5 Å². The first kappa shape index (κ1) is 12.3. The molecule has 0 aromatic carbocycles. The number of morpholine rings is 1. The van der Waals surface area contributed by atoms with Crippen LogP contribution >= 0.6 is 0 Å². The van der Waals surface area contributed by atoms with Gasteiger partial charge in [0, 0.05) is 19.1 Å². The molecule has 2 N–H and O–H groups in total. The average molecular weight is 226 g/mol. The molecule has 0 radical (unpaired) electrons. The number of ether oxygens (including phenoxy) is 1. The van der Waals surface area contributed by atoms with Gasteiger partial charge in [-0.15, -0.1) is 0 Å². The predicted octanol–water partition coefficient (Wildman–Crippen LogP) is 1.61. The topological polar surface area (TPSA) is 38.5 Å². The molecule has 16 heavy (non-hydrogen) atoms. The Morgan fingerprint density at radius 3 is 2.38 bits per heavy atom. The molecule has 2 rings (SSSR count). The first-order valence-corrected chi connectivity index (χ1v) is 6.80. The maximum absolute atomic E-state index is 5.91. The summed E-state index contributed by atoms with van der Waals surface area (Å²) in [6.07, 6.45) is 6.16. The molecule has 1 aliphatic carbocycles. The summed E-state index contributed by atoms with van der Waals surface area (Å²) in [4.78, 5) is 2.63. The smallest absolute Gasteiger partial charge is 0.0678 e. The lowest BCUT2D eigenvalue weighted by molar-refractivity contribution is -0.0908. The van der Waals surface area contributed by atoms with Crippen LogP contribution in [0.3, 0.4) is 0 Å². The molecule has 2 aliphatic rings. The Bertz CT molecular complexity index is 212. The van der Waals surface area contributed by atoms with Gasteiger partial charge in [0.1, 0.15) is 0 Å². The Morgan fingerprint density at radius 1 is 1.12 bits per heavy atom. The number of nitrogens with zero attached hydrogens (tertiary/aromatic N) is 1. The van der Waals surface area contributed by atoms with Crippen molar-refractivity contribution in [3.8, 4) is 0 Å². The highest BCUT2D eigenvalue weighted by molar-refractivity contribution is 4.87. The highest BCUT2D eigenvalue weighted by Gasteiger charge is 2.33. The molecular formula is C13H26N2O. The van der Waals surface area contributed by atoms with E-state index in [1.165, 1.54) is 25.7 Å². The van der Waals surface area contributed by atoms with E-state index in [2.05, 4.69) is 18.7 Å². The quantitative estimate of drug-likeness (QED) is 0.777. The first-order chi connectivity index (χ1) is 7.70. The Balaban J connectivity index is 1.98. The van der Waals surface area contributed by atoms with Crippen molar-refractivity contribution in [2.45, 2.75) is 57.8 Å². The van der Waals surface area contributed by atoms with Crippen LogP contribution in [0.5, 0.6) is 0 Å². The van der Waals surface area contributed by atoms with Gasteiger partial charge in [-0.05, 0) is 39.2 Å². The summed E-state index contributed by atoms with van der Waals surface area (Å²) in [5.41, 5.74) is 5.91. The van der Waals surface area contributed by atoms with Crippen LogP contribution in [0.2, 0.25) is 0 Å². The lowest BCUT2D eigenvalue weighted by atomic mass is 9.83. The monoisotopic (exact) mass is 226 g/mol. The molecule has 0 aromatic rings. The molecule has 3 nitrogen and oxygen atoms in total. The van der Waals surface area contributed by atoms with Crippen LogP contribution in [-0.2, 0) is 4.74 Å². The largest absolute Gasteiger partial charge is 0.373 e. The molecule has 2 unspecified atom stereocenters. The van der Waals surface area contributed by atoms with Gasteiger partial charge in [-0.25, -0.2) is 0 Å². The third kappa shape index (κ3) is 2.76. The molecule has 0 bridgehead atoms. The van der Waals surface area contributed by atoms with Crippen molar-refractivity contribution in [1.82, 2.24) is 4.90 Å². The summed E-state index contributed by atoms with van der Waals surface area (Å²) in [6.45, 7) is 7.40. The zero-order valence-corrected chi connectivity index (χ0v) is 10.7. The van der Waals surface area contributed by atoms with Crippen molar-refractivity contribution in [3.63, 3.8) is 0 Å². The summed E-state index contributed by atoms with van der Waals surface area (Å²) < 4.78 is 5.80. The van der Waals surface area contributed by atoms with Crippen molar-refractivity contribution in [1.29, 1.82) is 0 Å². The van der Waals surface area contributed by atoms with Crippen molar-refractivity contribution in [2.75, 3.05) is 19.6 Å². The van der Waals surface area contributed by atoms with Crippen LogP contribution in [0.15, 0.2) is 0 Å². The van der Waals surface area contributed by atoms with Crippen molar-refractivity contribution >= 4 is 0 Å². The minimum absolute atomic E-state index is 0.379. The molecule has 4 atom stereocenters. The molecule has 0 aromatic heterocycles. The van der Waals surface area contributed by atoms with Gasteiger partial charge in [-0.3, -0.25) is 4.90 Å². The van der Waals surface area contributed by atoms with Gasteiger partial charge in [0.2, 0.25) is 0 Å². The third-order valence-electron chi connectivity index (χ3n) is 4.09. The second-order valence-electron chi connectivity index (χ2n) is 5.56. The Kier molecular flexibility index (Phi) is 4.22. The fourth-order valence-corrected chi connectivity index (χ4v) is 3.43. The van der Waals surface area contributed by atoms with Crippen LogP contribution in [0, 0.1) is 5.92 Å². The van der Waals surface area contributed by atoms with Crippen LogP contribution in [-0.4, -0.2) is 42.8 Å². The summed E-state index contributed by atoms with van der Waals surface area (Å²) in [5, 5.41) is 0. The van der Waals surface area contributed by atoms with Gasteiger partial charge >= 0.3 is 0 Å². The highest BCUT2D eigenvalue weighted by atomic mass is 16.5. The molecule has 1 saturated heterocycles. The van der Waals surface area contributed by atoms with E-state index in [0.29, 0.717) is 24.2 Å². The highest BCUT2D eigenvalue weighted by Crippen LogP contribution is 2.29. The van der Waals surface area contributed by atoms with Crippen molar-refractivity contribution in [3.05, 3.63) is 0 Å². The Morgan fingerprint density at radius 2 is 1.75 bits per heavy atom. The predicted molar refractivity (Wildman–Crippen MR) is 66.4 cm³/mol. The summed E-state index contributed by atoms with van der Waals surface area (Å²) in [6, 6.07) is 0.715. The lowest BCUT2D eigenvalue weighted by Crippen LogP contribution is -2.54. The van der Waals surface area contributed by atoms with Crippen molar-refractivity contribution in [2.24, 2.45) is 11.7 Å². The SMILES string of the molecule is C[C@@H]1CN(C2CCCCC2CN)C[C@H](C)O1. The van der Waals surface area contributed by atoms with Crippen LogP contribution in [0.4, 0.5) is 0 Å². The molecule has 3 heteroatoms. The normalized spacial score (nSPS) is 42.2. The molecule has 1 saturated carbocycles. The maximum atomic E-state index is 5.91. The zero-order valence-electron chi connectivity index (χ0n) is 10.7. The fraction of sp³-hybridized carbons (Fsp3) is 1.00. The van der Waals surface area contributed by atoms with Gasteiger partial charge in [0.25, 0.3) is 0 Å². The second-order valence-corrected chi connectivity index (χ2v) is 5.56. The second kappa shape index (κ2) is 5.48. The number of hydrogen-bond acceptors (Lipinski definition) is 3. The number of rotatable bonds is 2. The van der Waals surface area contributed by atoms with Gasteiger partial charge in [-0.2, -0.15) is 0 Å². The van der Waals surface area contributed by atoms with Crippen LogP contribution in [0.1, 0.15) is 39.5 Å². The molecule has 2 fully saturated rings. The minimum Gasteiger partial charge on any atom is -0.373 e. The first-order valence-electron chi connectivity index (χ1n) is 6.80. The molecule has 0 spiro atoms. The molecule has 94 valence electrons. The molecular weight excluding hydrogens is 200 g/mol. The van der Waals surface area contributed by atoms with E-state index in [0.717, 1.165) is 19.6 Å². The summed E-state index contributed by atoms with van der Waals surface area (Å²) in [5.74, 6) is 0.714. The van der Waals surface area contributed by atoms with E-state index < -0.39 is 0 Å². The minimum atomic E-state index is 0.379. The van der Waals surface area contributed by atoms with Gasteiger partial charge in [0.05, 0.1) is 12.2 Å². The van der Waals surface area contributed by atoms with E-state index >= 15 is 0 Å². The maximum Gasteiger partial charge on any atom is 0.0678 e. The van der Waals surface area contributed by atoms with E-state index in [-0.39, 0.29) is 0 Å². The molecule has 1 aliphatic heterocycles. The number of hydrogen-bond donors (Lipinski definition) is 1. The van der Waals surface area contributed by atoms with E-state index in [1.54, 1.807) is 0 Å². The molecule has 0 amide bonds. The Hall–Kier alpha value is -0.120. The summed E-state index contributed by atoms with van der Waals surface area (Å²) in [7, 11) is 0. The Labute approximate surface area is 99.3 Å².